The molecule has 1 aromatic carbocycles. The van der Waals surface area contributed by atoms with Crippen molar-refractivity contribution >= 4 is 29.4 Å². The van der Waals surface area contributed by atoms with Crippen molar-refractivity contribution in [2.75, 3.05) is 10.7 Å². The highest BCUT2D eigenvalue weighted by atomic mass is 19.1. The van der Waals surface area contributed by atoms with Crippen LogP contribution in [0.15, 0.2) is 36.7 Å². The predicted molar refractivity (Wildman–Crippen MR) is 101 cm³/mol. The number of nitrogens with one attached hydrogen (secondary N) is 2. The number of benzene rings is 1. The average molecular weight is 392 g/mol. The third kappa shape index (κ3) is 5.90. The summed E-state index contributed by atoms with van der Waals surface area (Å²) in [4.78, 5) is 27.5. The fourth-order valence-corrected chi connectivity index (χ4v) is 2.17. The molecule has 2 rings (SSSR count). The predicted octanol–water partition coefficient (Wildman–Crippen LogP) is 4.25. The van der Waals surface area contributed by atoms with Crippen LogP contribution in [0.5, 0.6) is 0 Å². The standard InChI is InChI=1S/C19H22F2N4O3/c1-12(11-26)25(18(27)28-19(2,3)4)24-16-6-5-13(20)8-17(16)23-15-7-14(21)9-22-10-15/h5-12,23-24H,1-4H3/t12-/m0/s1. The Kier molecular flexibility index (Phi) is 6.50. The van der Waals surface area contributed by atoms with Gasteiger partial charge in [0, 0.05) is 6.07 Å². The number of rotatable bonds is 6. The molecule has 1 aromatic heterocycles. The first-order valence-corrected chi connectivity index (χ1v) is 8.50. The number of carbonyl (C=O) groups is 2. The van der Waals surface area contributed by atoms with E-state index in [-0.39, 0.29) is 17.1 Å². The Hall–Kier alpha value is -3.23. The fourth-order valence-electron chi connectivity index (χ4n) is 2.17. The van der Waals surface area contributed by atoms with Crippen molar-refractivity contribution in [1.82, 2.24) is 9.99 Å². The van der Waals surface area contributed by atoms with Crippen molar-refractivity contribution in [1.29, 1.82) is 0 Å². The highest BCUT2D eigenvalue weighted by Gasteiger charge is 2.27. The van der Waals surface area contributed by atoms with E-state index in [9.17, 15) is 18.4 Å². The first kappa shape index (κ1) is 21.1. The molecule has 0 unspecified atom stereocenters. The molecule has 0 fully saturated rings. The Balaban J connectivity index is 2.33. The van der Waals surface area contributed by atoms with E-state index in [2.05, 4.69) is 15.7 Å². The summed E-state index contributed by atoms with van der Waals surface area (Å²) in [6.45, 7) is 6.57. The number of aldehydes is 1. The van der Waals surface area contributed by atoms with Gasteiger partial charge in [-0.15, -0.1) is 0 Å². The van der Waals surface area contributed by atoms with E-state index in [0.29, 0.717) is 6.29 Å². The summed E-state index contributed by atoms with van der Waals surface area (Å²) in [5.41, 5.74) is 2.74. The summed E-state index contributed by atoms with van der Waals surface area (Å²) in [5.74, 6) is -1.12. The lowest BCUT2D eigenvalue weighted by atomic mass is 10.2. The zero-order valence-corrected chi connectivity index (χ0v) is 16.0. The molecule has 7 nitrogen and oxygen atoms in total. The van der Waals surface area contributed by atoms with Gasteiger partial charge in [0.05, 0.1) is 29.5 Å². The molecule has 0 aliphatic heterocycles. The number of anilines is 3. The number of amides is 1. The number of carbonyl (C=O) groups excluding carboxylic acids is 2. The summed E-state index contributed by atoms with van der Waals surface area (Å²) < 4.78 is 32.4. The van der Waals surface area contributed by atoms with Gasteiger partial charge >= 0.3 is 6.09 Å². The lowest BCUT2D eigenvalue weighted by molar-refractivity contribution is -0.111. The lowest BCUT2D eigenvalue weighted by Crippen LogP contribution is -2.46. The van der Waals surface area contributed by atoms with Crippen LogP contribution in [-0.2, 0) is 9.53 Å². The number of halogens is 2. The van der Waals surface area contributed by atoms with E-state index in [1.807, 2.05) is 0 Å². The minimum Gasteiger partial charge on any atom is -0.442 e. The van der Waals surface area contributed by atoms with Crippen LogP contribution >= 0.6 is 0 Å². The van der Waals surface area contributed by atoms with Crippen molar-refractivity contribution < 1.29 is 23.1 Å². The molecule has 1 heterocycles. The molecule has 0 radical (unpaired) electrons. The number of hydrogen-bond acceptors (Lipinski definition) is 6. The Bertz CT molecular complexity index is 855. The van der Waals surface area contributed by atoms with Crippen LogP contribution in [-0.4, -0.2) is 34.0 Å². The second-order valence-electron chi connectivity index (χ2n) is 7.05. The number of hydrogen-bond donors (Lipinski definition) is 2. The molecule has 9 heteroatoms. The maximum atomic E-state index is 13.8. The van der Waals surface area contributed by atoms with Gasteiger partial charge in [-0.1, -0.05) is 0 Å². The smallest absolute Gasteiger partial charge is 0.429 e. The van der Waals surface area contributed by atoms with Crippen LogP contribution in [0.1, 0.15) is 27.7 Å². The Morgan fingerprint density at radius 2 is 1.89 bits per heavy atom. The fraction of sp³-hybridized carbons (Fsp3) is 0.316. The molecular formula is C19H22F2N4O3. The van der Waals surface area contributed by atoms with Gasteiger partial charge in [-0.05, 0) is 45.9 Å². The molecular weight excluding hydrogens is 370 g/mol. The van der Waals surface area contributed by atoms with Crippen molar-refractivity contribution in [2.24, 2.45) is 0 Å². The molecule has 0 saturated carbocycles. The van der Waals surface area contributed by atoms with E-state index in [0.717, 1.165) is 17.3 Å². The SMILES string of the molecule is C[C@@H](C=O)N(Nc1ccc(F)cc1Nc1cncc(F)c1)C(=O)OC(C)(C)C. The number of ether oxygens (including phenoxy) is 1. The van der Waals surface area contributed by atoms with Gasteiger partial charge in [-0.3, -0.25) is 10.4 Å². The summed E-state index contributed by atoms with van der Waals surface area (Å²) in [6.07, 6.45) is 2.17. The zero-order chi connectivity index (χ0) is 20.9. The quantitative estimate of drug-likeness (QED) is 0.565. The summed E-state index contributed by atoms with van der Waals surface area (Å²) in [5, 5.41) is 3.82. The van der Waals surface area contributed by atoms with Crippen LogP contribution in [0.25, 0.3) is 0 Å². The van der Waals surface area contributed by atoms with Crippen molar-refractivity contribution in [3.05, 3.63) is 48.3 Å². The van der Waals surface area contributed by atoms with Crippen molar-refractivity contribution in [2.45, 2.75) is 39.3 Å². The minimum absolute atomic E-state index is 0.207. The van der Waals surface area contributed by atoms with E-state index < -0.39 is 29.4 Å². The number of hydrazine groups is 1. The molecule has 1 atom stereocenters. The monoisotopic (exact) mass is 392 g/mol. The molecule has 0 spiro atoms. The first-order valence-electron chi connectivity index (χ1n) is 8.50. The third-order valence-corrected chi connectivity index (χ3v) is 3.40. The van der Waals surface area contributed by atoms with Crippen LogP contribution < -0.4 is 10.7 Å². The van der Waals surface area contributed by atoms with E-state index in [1.54, 1.807) is 20.8 Å². The molecule has 0 bridgehead atoms. The maximum absolute atomic E-state index is 13.8. The molecule has 150 valence electrons. The summed E-state index contributed by atoms with van der Waals surface area (Å²) in [7, 11) is 0. The van der Waals surface area contributed by atoms with E-state index >= 15 is 0 Å². The van der Waals surface area contributed by atoms with Crippen LogP contribution in [0.4, 0.5) is 30.6 Å². The van der Waals surface area contributed by atoms with Crippen molar-refractivity contribution in [3.63, 3.8) is 0 Å². The van der Waals surface area contributed by atoms with E-state index in [1.165, 1.54) is 31.3 Å². The van der Waals surface area contributed by atoms with Gasteiger partial charge in [-0.2, -0.15) is 0 Å². The molecule has 1 amide bonds. The number of pyridine rings is 1. The summed E-state index contributed by atoms with van der Waals surface area (Å²) in [6, 6.07) is 4.02. The van der Waals surface area contributed by atoms with Gasteiger partial charge in [0.15, 0.2) is 0 Å². The maximum Gasteiger partial charge on any atom is 0.429 e. The average Bonchev–Trinajstić information content (AvgIpc) is 2.59. The molecule has 0 aliphatic rings. The molecule has 2 aromatic rings. The number of aromatic nitrogens is 1. The van der Waals surface area contributed by atoms with Crippen LogP contribution in [0.2, 0.25) is 0 Å². The lowest BCUT2D eigenvalue weighted by Gasteiger charge is -2.30. The highest BCUT2D eigenvalue weighted by Crippen LogP contribution is 2.28. The molecule has 2 N–H and O–H groups in total. The van der Waals surface area contributed by atoms with Gasteiger partial charge in [0.1, 0.15) is 29.6 Å². The largest absolute Gasteiger partial charge is 0.442 e. The van der Waals surface area contributed by atoms with Crippen LogP contribution in [0.3, 0.4) is 0 Å². The van der Waals surface area contributed by atoms with E-state index in [4.69, 9.17) is 4.74 Å². The second kappa shape index (κ2) is 8.64. The van der Waals surface area contributed by atoms with Gasteiger partial charge in [-0.25, -0.2) is 18.6 Å². The highest BCUT2D eigenvalue weighted by molar-refractivity contribution is 5.79. The minimum atomic E-state index is -0.872. The second-order valence-corrected chi connectivity index (χ2v) is 7.05. The normalized spacial score (nSPS) is 12.1. The Labute approximate surface area is 161 Å². The van der Waals surface area contributed by atoms with Gasteiger partial charge in [0.25, 0.3) is 0 Å². The Morgan fingerprint density at radius 1 is 1.18 bits per heavy atom. The van der Waals surface area contributed by atoms with Crippen molar-refractivity contribution in [3.8, 4) is 0 Å². The molecule has 0 aliphatic carbocycles. The van der Waals surface area contributed by atoms with Crippen LogP contribution in [0, 0.1) is 11.6 Å². The first-order chi connectivity index (χ1) is 13.1. The molecule has 28 heavy (non-hydrogen) atoms. The van der Waals surface area contributed by atoms with Gasteiger partial charge in [0.2, 0.25) is 0 Å². The zero-order valence-electron chi connectivity index (χ0n) is 16.0. The molecule has 0 saturated heterocycles. The summed E-state index contributed by atoms with van der Waals surface area (Å²) >= 11 is 0. The third-order valence-electron chi connectivity index (χ3n) is 3.40. The number of nitrogens with zero attached hydrogens (tertiary/aromatic N) is 2. The topological polar surface area (TPSA) is 83.6 Å². The Morgan fingerprint density at radius 3 is 2.50 bits per heavy atom. The van der Waals surface area contributed by atoms with Gasteiger partial charge < -0.3 is 14.8 Å².